The van der Waals surface area contributed by atoms with Crippen LogP contribution in [0.2, 0.25) is 0 Å². The molecule has 3 aromatic carbocycles. The molecule has 0 fully saturated rings. The van der Waals surface area contributed by atoms with Crippen molar-refractivity contribution in [2.45, 2.75) is 19.4 Å². The van der Waals surface area contributed by atoms with Crippen molar-refractivity contribution < 1.29 is 14.7 Å². The summed E-state index contributed by atoms with van der Waals surface area (Å²) in [5.41, 5.74) is 6.56. The maximum Gasteiger partial charge on any atom is 0.335 e. The Balaban J connectivity index is 1.38. The zero-order valence-corrected chi connectivity index (χ0v) is 22.0. The second-order valence-corrected chi connectivity index (χ2v) is 10.3. The Kier molecular flexibility index (Phi) is 6.42. The van der Waals surface area contributed by atoms with Crippen LogP contribution in [0, 0.1) is 0 Å². The number of aromatic carboxylic acids is 1. The summed E-state index contributed by atoms with van der Waals surface area (Å²) < 4.78 is 6.26. The van der Waals surface area contributed by atoms with Gasteiger partial charge in [0, 0.05) is 34.8 Å². The Morgan fingerprint density at radius 2 is 1.72 bits per heavy atom. The number of aromatic nitrogens is 2. The Hall–Kier alpha value is -4.75. The van der Waals surface area contributed by atoms with Gasteiger partial charge in [-0.2, -0.15) is 0 Å². The number of hydrogen-bond acceptors (Lipinski definition) is 4. The zero-order valence-electron chi connectivity index (χ0n) is 21.2. The molecule has 0 radical (unpaired) electrons. The van der Waals surface area contributed by atoms with Gasteiger partial charge in [0.15, 0.2) is 0 Å². The lowest BCUT2D eigenvalue weighted by atomic mass is 10.0. The van der Waals surface area contributed by atoms with Crippen LogP contribution in [0.4, 0.5) is 0 Å². The summed E-state index contributed by atoms with van der Waals surface area (Å²) in [6.45, 7) is 1.89. The molecule has 0 aliphatic heterocycles. The first-order valence-electron chi connectivity index (χ1n) is 12.6. The van der Waals surface area contributed by atoms with E-state index < -0.39 is 5.97 Å². The average Bonchev–Trinajstić information content (AvgIpc) is 3.63. The Morgan fingerprint density at radius 1 is 0.923 bits per heavy atom. The summed E-state index contributed by atoms with van der Waals surface area (Å²) in [4.78, 5) is 25.0. The molecule has 3 heterocycles. The first-order chi connectivity index (χ1) is 19.0. The summed E-state index contributed by atoms with van der Waals surface area (Å²) in [6, 6.07) is 29.1. The monoisotopic (exact) mass is 531 g/mol. The molecule has 6 nitrogen and oxygen atoms in total. The van der Waals surface area contributed by atoms with Gasteiger partial charge in [-0.15, -0.1) is 0 Å². The Labute approximate surface area is 229 Å². The number of pyridine rings is 1. The number of rotatable bonds is 7. The van der Waals surface area contributed by atoms with Gasteiger partial charge < -0.3 is 14.8 Å². The molecule has 6 rings (SSSR count). The molecule has 2 N–H and O–H groups in total. The average molecular weight is 532 g/mol. The number of nitrogens with zero attached hydrogens (tertiary/aromatic N) is 2. The molecule has 1 amide bonds. The predicted octanol–water partition coefficient (Wildman–Crippen LogP) is 7.00. The Morgan fingerprint density at radius 3 is 2.46 bits per heavy atom. The highest BCUT2D eigenvalue weighted by atomic mass is 32.1. The summed E-state index contributed by atoms with van der Waals surface area (Å²) in [7, 11) is 0. The van der Waals surface area contributed by atoms with Crippen molar-refractivity contribution in [2.24, 2.45) is 0 Å². The van der Waals surface area contributed by atoms with Crippen LogP contribution in [0.3, 0.4) is 0 Å². The molecule has 0 aliphatic carbocycles. The molecular formula is C32H25N3O3S. The number of carboxylic acid groups (broad SMARTS) is 1. The van der Waals surface area contributed by atoms with E-state index in [-0.39, 0.29) is 17.5 Å². The number of carboxylic acids is 1. The Bertz CT molecular complexity index is 1820. The lowest BCUT2D eigenvalue weighted by Gasteiger charge is -2.17. The standard InChI is InChI=1S/C32H25N3O3S/c1-20(22-8-10-24(11-9-22)32(37)38)34-31(36)30-17-26(27-18-33-39-19-27)16-29-13-12-28(35(29)30)15-21-6-7-23-4-2-3-5-25(23)14-21/h2-14,16-20H,15H2,1H3,(H,34,36)(H,37,38)/t20-/m0/s1. The number of benzene rings is 3. The number of hydrogen-bond donors (Lipinski definition) is 2. The second kappa shape index (κ2) is 10.2. The van der Waals surface area contributed by atoms with Gasteiger partial charge in [0.05, 0.1) is 11.6 Å². The van der Waals surface area contributed by atoms with Crippen molar-refractivity contribution >= 4 is 39.7 Å². The van der Waals surface area contributed by atoms with Crippen molar-refractivity contribution in [3.8, 4) is 11.1 Å². The van der Waals surface area contributed by atoms with Crippen molar-refractivity contribution in [1.29, 1.82) is 0 Å². The number of fused-ring (bicyclic) bond motifs is 2. The maximum absolute atomic E-state index is 13.8. The van der Waals surface area contributed by atoms with Gasteiger partial charge in [0.25, 0.3) is 5.91 Å². The maximum atomic E-state index is 13.8. The van der Waals surface area contributed by atoms with Crippen LogP contribution in [-0.4, -0.2) is 25.8 Å². The van der Waals surface area contributed by atoms with Crippen molar-refractivity contribution in [3.05, 3.63) is 131 Å². The lowest BCUT2D eigenvalue weighted by molar-refractivity contribution is 0.0696. The minimum absolute atomic E-state index is 0.210. The van der Waals surface area contributed by atoms with Gasteiger partial charge in [0.1, 0.15) is 5.69 Å². The van der Waals surface area contributed by atoms with Gasteiger partial charge >= 0.3 is 5.97 Å². The van der Waals surface area contributed by atoms with E-state index >= 15 is 0 Å². The molecule has 0 unspecified atom stereocenters. The quantitative estimate of drug-likeness (QED) is 0.232. The minimum Gasteiger partial charge on any atom is -0.478 e. The van der Waals surface area contributed by atoms with E-state index in [0.29, 0.717) is 12.1 Å². The zero-order chi connectivity index (χ0) is 26.9. The fourth-order valence-electron chi connectivity index (χ4n) is 4.96. The molecule has 3 aromatic heterocycles. The first kappa shape index (κ1) is 24.6. The molecular weight excluding hydrogens is 506 g/mol. The van der Waals surface area contributed by atoms with Crippen LogP contribution in [-0.2, 0) is 6.42 Å². The predicted molar refractivity (Wildman–Crippen MR) is 155 cm³/mol. The fraction of sp³-hybridized carbons (Fsp3) is 0.0938. The van der Waals surface area contributed by atoms with Gasteiger partial charge in [-0.05, 0) is 82.3 Å². The normalized spacial score (nSPS) is 12.0. The van der Waals surface area contributed by atoms with E-state index in [1.54, 1.807) is 24.3 Å². The van der Waals surface area contributed by atoms with Crippen LogP contribution in [0.15, 0.2) is 103 Å². The first-order valence-corrected chi connectivity index (χ1v) is 13.5. The molecule has 0 aliphatic rings. The van der Waals surface area contributed by atoms with Crippen LogP contribution in [0.1, 0.15) is 50.6 Å². The fourth-order valence-corrected chi connectivity index (χ4v) is 5.51. The number of nitrogens with one attached hydrogen (secondary N) is 1. The topological polar surface area (TPSA) is 83.7 Å². The largest absolute Gasteiger partial charge is 0.478 e. The van der Waals surface area contributed by atoms with Crippen LogP contribution >= 0.6 is 11.5 Å². The van der Waals surface area contributed by atoms with Gasteiger partial charge in [-0.25, -0.2) is 9.17 Å². The second-order valence-electron chi connectivity index (χ2n) is 9.61. The SMILES string of the molecule is C[C@H](NC(=O)c1cc(-c2cnsc2)cc2ccc(Cc3ccc4ccccc4c3)n12)c1ccc(C(=O)O)cc1. The van der Waals surface area contributed by atoms with Gasteiger partial charge in [-0.1, -0.05) is 54.6 Å². The van der Waals surface area contributed by atoms with E-state index in [1.165, 1.54) is 22.3 Å². The van der Waals surface area contributed by atoms with E-state index in [4.69, 9.17) is 0 Å². The van der Waals surface area contributed by atoms with E-state index in [0.717, 1.165) is 33.5 Å². The number of carbonyl (C=O) groups is 2. The molecule has 7 heteroatoms. The van der Waals surface area contributed by atoms with E-state index in [9.17, 15) is 14.7 Å². The smallest absolute Gasteiger partial charge is 0.335 e. The van der Waals surface area contributed by atoms with Gasteiger partial charge in [0.2, 0.25) is 0 Å². The number of amides is 1. The molecule has 0 saturated carbocycles. The van der Waals surface area contributed by atoms with Crippen LogP contribution < -0.4 is 5.32 Å². The molecule has 1 atom stereocenters. The third-order valence-corrected chi connectivity index (χ3v) is 7.62. The van der Waals surface area contributed by atoms with Crippen LogP contribution in [0.25, 0.3) is 27.4 Å². The summed E-state index contributed by atoms with van der Waals surface area (Å²) in [5, 5.41) is 16.7. The highest BCUT2D eigenvalue weighted by Gasteiger charge is 2.19. The number of carbonyl (C=O) groups excluding carboxylic acids is 1. The highest BCUT2D eigenvalue weighted by Crippen LogP contribution is 2.28. The summed E-state index contributed by atoms with van der Waals surface area (Å²) in [6.07, 6.45) is 2.48. The van der Waals surface area contributed by atoms with E-state index in [2.05, 4.69) is 52.2 Å². The van der Waals surface area contributed by atoms with Crippen molar-refractivity contribution in [1.82, 2.24) is 14.1 Å². The minimum atomic E-state index is -0.980. The molecule has 0 saturated heterocycles. The van der Waals surface area contributed by atoms with E-state index in [1.807, 2.05) is 47.2 Å². The summed E-state index contributed by atoms with van der Waals surface area (Å²) in [5.74, 6) is -1.19. The third-order valence-electron chi connectivity index (χ3n) is 7.03. The summed E-state index contributed by atoms with van der Waals surface area (Å²) >= 11 is 1.37. The van der Waals surface area contributed by atoms with Crippen molar-refractivity contribution in [3.63, 3.8) is 0 Å². The molecule has 0 bridgehead atoms. The molecule has 192 valence electrons. The van der Waals surface area contributed by atoms with Crippen LogP contribution in [0.5, 0.6) is 0 Å². The molecule has 39 heavy (non-hydrogen) atoms. The highest BCUT2D eigenvalue weighted by molar-refractivity contribution is 7.03. The molecule has 0 spiro atoms. The third kappa shape index (κ3) is 4.92. The lowest BCUT2D eigenvalue weighted by Crippen LogP contribution is -2.28. The van der Waals surface area contributed by atoms with Crippen molar-refractivity contribution in [2.75, 3.05) is 0 Å². The van der Waals surface area contributed by atoms with Gasteiger partial charge in [-0.3, -0.25) is 4.79 Å². The molecule has 6 aromatic rings.